The Kier molecular flexibility index (Phi) is 4.63. The lowest BCUT2D eigenvalue weighted by Crippen LogP contribution is -2.13. The molecular formula is C18H18ClN3O3. The maximum Gasteiger partial charge on any atom is 0.359 e. The third-order valence-corrected chi connectivity index (χ3v) is 4.08. The molecule has 2 aromatic heterocycles. The van der Waals surface area contributed by atoms with Gasteiger partial charge in [0.05, 0.1) is 18.5 Å². The van der Waals surface area contributed by atoms with Crippen molar-refractivity contribution >= 4 is 23.1 Å². The van der Waals surface area contributed by atoms with Gasteiger partial charge in [-0.1, -0.05) is 37.6 Å². The highest BCUT2D eigenvalue weighted by atomic mass is 35.5. The van der Waals surface area contributed by atoms with Gasteiger partial charge in [-0.3, -0.25) is 4.79 Å². The molecule has 3 rings (SSSR count). The standard InChI is InChI=1S/C18H18ClN3O3/c1-4-25-18(24)15-14(10(2)3)16-17(23)20-13(9-22(16)21-15)11-6-5-7-12(19)8-11/h5-10H,4H2,1-3H3,(H,20,23). The summed E-state index contributed by atoms with van der Waals surface area (Å²) in [5, 5.41) is 4.87. The molecule has 0 atom stereocenters. The van der Waals surface area contributed by atoms with Crippen molar-refractivity contribution in [1.82, 2.24) is 14.6 Å². The molecule has 0 aliphatic carbocycles. The second-order valence-corrected chi connectivity index (χ2v) is 6.37. The minimum Gasteiger partial charge on any atom is -0.461 e. The van der Waals surface area contributed by atoms with E-state index in [0.717, 1.165) is 5.56 Å². The Bertz CT molecular complexity index is 1000. The number of H-pyrrole nitrogens is 1. The number of aromatic nitrogens is 3. The average molecular weight is 360 g/mol. The van der Waals surface area contributed by atoms with E-state index in [-0.39, 0.29) is 23.8 Å². The van der Waals surface area contributed by atoms with Crippen LogP contribution in [0.2, 0.25) is 5.02 Å². The minimum absolute atomic E-state index is 0.0602. The van der Waals surface area contributed by atoms with Crippen molar-refractivity contribution in [1.29, 1.82) is 0 Å². The third kappa shape index (κ3) is 3.17. The van der Waals surface area contributed by atoms with Gasteiger partial charge >= 0.3 is 5.97 Å². The van der Waals surface area contributed by atoms with Crippen molar-refractivity contribution in [3.8, 4) is 11.3 Å². The summed E-state index contributed by atoms with van der Waals surface area (Å²) >= 11 is 6.02. The first-order valence-corrected chi connectivity index (χ1v) is 8.38. The van der Waals surface area contributed by atoms with Gasteiger partial charge in [0, 0.05) is 16.1 Å². The van der Waals surface area contributed by atoms with Crippen LogP contribution in [-0.2, 0) is 4.74 Å². The molecule has 0 bridgehead atoms. The molecular weight excluding hydrogens is 342 g/mol. The molecule has 1 N–H and O–H groups in total. The van der Waals surface area contributed by atoms with E-state index in [4.69, 9.17) is 16.3 Å². The molecule has 6 nitrogen and oxygen atoms in total. The van der Waals surface area contributed by atoms with Crippen LogP contribution >= 0.6 is 11.6 Å². The van der Waals surface area contributed by atoms with Gasteiger partial charge in [0.2, 0.25) is 0 Å². The number of nitrogens with one attached hydrogen (secondary N) is 1. The average Bonchev–Trinajstić information content (AvgIpc) is 2.95. The second-order valence-electron chi connectivity index (χ2n) is 5.94. The van der Waals surface area contributed by atoms with E-state index in [2.05, 4.69) is 10.1 Å². The highest BCUT2D eigenvalue weighted by molar-refractivity contribution is 6.30. The number of carbonyl (C=O) groups excluding carboxylic acids is 1. The van der Waals surface area contributed by atoms with E-state index in [9.17, 15) is 9.59 Å². The topological polar surface area (TPSA) is 76.5 Å². The first-order valence-electron chi connectivity index (χ1n) is 8.01. The number of halogens is 1. The molecule has 0 amide bonds. The number of aromatic amines is 1. The third-order valence-electron chi connectivity index (χ3n) is 3.84. The number of rotatable bonds is 4. The molecule has 0 aliphatic heterocycles. The molecule has 0 saturated heterocycles. The molecule has 0 fully saturated rings. The summed E-state index contributed by atoms with van der Waals surface area (Å²) < 4.78 is 6.52. The van der Waals surface area contributed by atoms with Gasteiger partial charge in [-0.25, -0.2) is 9.31 Å². The van der Waals surface area contributed by atoms with Crippen LogP contribution in [0, 0.1) is 0 Å². The summed E-state index contributed by atoms with van der Waals surface area (Å²) in [4.78, 5) is 27.7. The Labute approximate surface area is 149 Å². The maximum absolute atomic E-state index is 12.7. The van der Waals surface area contributed by atoms with Crippen LogP contribution in [0.3, 0.4) is 0 Å². The lowest BCUT2D eigenvalue weighted by Gasteiger charge is -2.06. The monoisotopic (exact) mass is 359 g/mol. The fraction of sp³-hybridized carbons (Fsp3) is 0.278. The number of carbonyl (C=O) groups is 1. The maximum atomic E-state index is 12.7. The molecule has 0 unspecified atom stereocenters. The number of benzene rings is 1. The van der Waals surface area contributed by atoms with E-state index in [1.165, 1.54) is 4.52 Å². The lowest BCUT2D eigenvalue weighted by atomic mass is 10.0. The summed E-state index contributed by atoms with van der Waals surface area (Å²) in [7, 11) is 0. The molecule has 3 aromatic rings. The van der Waals surface area contributed by atoms with Gasteiger partial charge in [0.25, 0.3) is 5.56 Å². The van der Waals surface area contributed by atoms with Crippen molar-refractivity contribution in [3.63, 3.8) is 0 Å². The second kappa shape index (κ2) is 6.72. The van der Waals surface area contributed by atoms with E-state index >= 15 is 0 Å². The summed E-state index contributed by atoms with van der Waals surface area (Å²) in [5.74, 6) is -0.589. The molecule has 25 heavy (non-hydrogen) atoms. The Balaban J connectivity index is 2.25. The van der Waals surface area contributed by atoms with Crippen LogP contribution in [0.25, 0.3) is 16.8 Å². The molecule has 0 spiro atoms. The number of ether oxygens (including phenoxy) is 1. The van der Waals surface area contributed by atoms with E-state index in [1.54, 1.807) is 31.3 Å². The number of esters is 1. The van der Waals surface area contributed by atoms with Crippen LogP contribution in [0.15, 0.2) is 35.3 Å². The van der Waals surface area contributed by atoms with Gasteiger partial charge in [0.15, 0.2) is 5.69 Å². The van der Waals surface area contributed by atoms with E-state index in [0.29, 0.717) is 21.8 Å². The predicted octanol–water partition coefficient (Wildman–Crippen LogP) is 3.64. The van der Waals surface area contributed by atoms with Crippen molar-refractivity contribution < 1.29 is 9.53 Å². The Morgan fingerprint density at radius 3 is 2.80 bits per heavy atom. The van der Waals surface area contributed by atoms with E-state index in [1.807, 2.05) is 19.9 Å². The summed E-state index contributed by atoms with van der Waals surface area (Å²) in [5.41, 5.74) is 2.11. The van der Waals surface area contributed by atoms with Crippen LogP contribution in [0.1, 0.15) is 42.7 Å². The fourth-order valence-corrected chi connectivity index (χ4v) is 2.99. The molecule has 0 aliphatic rings. The van der Waals surface area contributed by atoms with Crippen molar-refractivity contribution in [2.24, 2.45) is 0 Å². The van der Waals surface area contributed by atoms with Crippen LogP contribution in [0.5, 0.6) is 0 Å². The molecule has 0 saturated carbocycles. The molecule has 2 heterocycles. The number of fused-ring (bicyclic) bond motifs is 1. The first-order chi connectivity index (χ1) is 11.9. The fourth-order valence-electron chi connectivity index (χ4n) is 2.80. The van der Waals surface area contributed by atoms with Gasteiger partial charge in [-0.15, -0.1) is 0 Å². The normalized spacial score (nSPS) is 11.2. The number of hydrogen-bond donors (Lipinski definition) is 1. The first kappa shape index (κ1) is 17.2. The van der Waals surface area contributed by atoms with Crippen LogP contribution in [0.4, 0.5) is 0 Å². The van der Waals surface area contributed by atoms with Gasteiger partial charge in [-0.2, -0.15) is 5.10 Å². The number of nitrogens with zero attached hydrogens (tertiary/aromatic N) is 2. The van der Waals surface area contributed by atoms with Crippen molar-refractivity contribution in [3.05, 3.63) is 57.1 Å². The summed E-state index contributed by atoms with van der Waals surface area (Å²) in [6.07, 6.45) is 1.68. The molecule has 130 valence electrons. The predicted molar refractivity (Wildman–Crippen MR) is 96.3 cm³/mol. The summed E-state index contributed by atoms with van der Waals surface area (Å²) in [6, 6.07) is 7.14. The van der Waals surface area contributed by atoms with Gasteiger partial charge in [0.1, 0.15) is 5.52 Å². The van der Waals surface area contributed by atoms with Crippen molar-refractivity contribution in [2.75, 3.05) is 6.61 Å². The quantitative estimate of drug-likeness (QED) is 0.721. The van der Waals surface area contributed by atoms with Gasteiger partial charge < -0.3 is 9.72 Å². The minimum atomic E-state index is -0.529. The SMILES string of the molecule is CCOC(=O)c1nn2cc(-c3cccc(Cl)c3)[nH]c(=O)c2c1C(C)C. The Morgan fingerprint density at radius 2 is 2.16 bits per heavy atom. The van der Waals surface area contributed by atoms with Crippen molar-refractivity contribution in [2.45, 2.75) is 26.7 Å². The van der Waals surface area contributed by atoms with E-state index < -0.39 is 5.97 Å². The van der Waals surface area contributed by atoms with Crippen LogP contribution in [-0.4, -0.2) is 27.2 Å². The molecule has 7 heteroatoms. The Hall–Kier alpha value is -2.60. The Morgan fingerprint density at radius 1 is 1.40 bits per heavy atom. The lowest BCUT2D eigenvalue weighted by molar-refractivity contribution is 0.0517. The molecule has 0 radical (unpaired) electrons. The highest BCUT2D eigenvalue weighted by Gasteiger charge is 2.24. The van der Waals surface area contributed by atoms with Gasteiger partial charge in [-0.05, 0) is 25.0 Å². The zero-order chi connectivity index (χ0) is 18.1. The zero-order valence-electron chi connectivity index (χ0n) is 14.2. The molecule has 1 aromatic carbocycles. The summed E-state index contributed by atoms with van der Waals surface area (Å²) in [6.45, 7) is 5.79. The zero-order valence-corrected chi connectivity index (χ0v) is 14.9. The smallest absolute Gasteiger partial charge is 0.359 e. The number of hydrogen-bond acceptors (Lipinski definition) is 4. The highest BCUT2D eigenvalue weighted by Crippen LogP contribution is 2.25. The largest absolute Gasteiger partial charge is 0.461 e. The van der Waals surface area contributed by atoms with Crippen LogP contribution < -0.4 is 5.56 Å².